The lowest BCUT2D eigenvalue weighted by Crippen LogP contribution is -1.99. The van der Waals surface area contributed by atoms with Crippen molar-refractivity contribution in [3.8, 4) is 0 Å². The number of hydrogen-bond donors (Lipinski definition) is 1. The summed E-state index contributed by atoms with van der Waals surface area (Å²) in [4.78, 5) is 5.44. The molecular formula is C13H13BrN2S. The van der Waals surface area contributed by atoms with Crippen molar-refractivity contribution in [2.45, 2.75) is 17.2 Å². The molecule has 0 aliphatic heterocycles. The van der Waals surface area contributed by atoms with Crippen molar-refractivity contribution in [3.05, 3.63) is 58.3 Å². The molecule has 0 bridgehead atoms. The second kappa shape index (κ2) is 6.19. The number of benzene rings is 1. The summed E-state index contributed by atoms with van der Waals surface area (Å²) >= 11 is 5.28. The van der Waals surface area contributed by atoms with Crippen LogP contribution in [0.1, 0.15) is 11.3 Å². The van der Waals surface area contributed by atoms with Gasteiger partial charge in [-0.25, -0.2) is 0 Å². The number of thioether (sulfide) groups is 1. The third-order valence-electron chi connectivity index (χ3n) is 2.29. The minimum atomic E-state index is 0.495. The highest BCUT2D eigenvalue weighted by atomic mass is 79.9. The number of nitrogens with two attached hydrogens (primary N) is 1. The zero-order valence-corrected chi connectivity index (χ0v) is 11.7. The molecular weight excluding hydrogens is 296 g/mol. The van der Waals surface area contributed by atoms with Crippen LogP contribution in [-0.4, -0.2) is 4.98 Å². The first-order valence-corrected chi connectivity index (χ1v) is 7.08. The summed E-state index contributed by atoms with van der Waals surface area (Å²) in [5.41, 5.74) is 7.77. The number of hydrogen-bond acceptors (Lipinski definition) is 3. The average molecular weight is 309 g/mol. The normalized spacial score (nSPS) is 10.5. The van der Waals surface area contributed by atoms with E-state index in [4.69, 9.17) is 5.73 Å². The van der Waals surface area contributed by atoms with Crippen molar-refractivity contribution in [1.82, 2.24) is 4.98 Å². The largest absolute Gasteiger partial charge is 0.325 e. The van der Waals surface area contributed by atoms with Gasteiger partial charge in [0.05, 0.1) is 5.69 Å². The summed E-state index contributed by atoms with van der Waals surface area (Å²) < 4.78 is 1.11. The van der Waals surface area contributed by atoms with Gasteiger partial charge in [0, 0.05) is 27.9 Å². The van der Waals surface area contributed by atoms with Crippen LogP contribution >= 0.6 is 27.7 Å². The topological polar surface area (TPSA) is 38.9 Å². The van der Waals surface area contributed by atoms with Crippen LogP contribution in [-0.2, 0) is 12.3 Å². The molecule has 0 spiro atoms. The first-order valence-electron chi connectivity index (χ1n) is 5.30. The van der Waals surface area contributed by atoms with E-state index in [1.54, 1.807) is 0 Å². The Morgan fingerprint density at radius 1 is 1.24 bits per heavy atom. The maximum atomic E-state index is 5.57. The van der Waals surface area contributed by atoms with E-state index in [1.807, 2.05) is 36.2 Å². The zero-order chi connectivity index (χ0) is 12.1. The summed E-state index contributed by atoms with van der Waals surface area (Å²) in [6.45, 7) is 0.495. The fourth-order valence-electron chi connectivity index (χ4n) is 1.45. The summed E-state index contributed by atoms with van der Waals surface area (Å²) in [6, 6.07) is 12.4. The van der Waals surface area contributed by atoms with Crippen molar-refractivity contribution in [2.24, 2.45) is 5.73 Å². The predicted octanol–water partition coefficient (Wildman–Crippen LogP) is 3.60. The molecule has 2 nitrogen and oxygen atoms in total. The number of aromatic nitrogens is 1. The fraction of sp³-hybridized carbons (Fsp3) is 0.154. The molecule has 1 heterocycles. The van der Waals surface area contributed by atoms with Gasteiger partial charge in [0.25, 0.3) is 0 Å². The first kappa shape index (κ1) is 12.6. The van der Waals surface area contributed by atoms with Gasteiger partial charge in [0.15, 0.2) is 0 Å². The molecule has 88 valence electrons. The zero-order valence-electron chi connectivity index (χ0n) is 9.27. The molecule has 1 aromatic carbocycles. The van der Waals surface area contributed by atoms with Crippen LogP contribution in [0.5, 0.6) is 0 Å². The van der Waals surface area contributed by atoms with E-state index in [0.29, 0.717) is 6.54 Å². The summed E-state index contributed by atoms with van der Waals surface area (Å²) in [7, 11) is 0. The van der Waals surface area contributed by atoms with E-state index in [9.17, 15) is 0 Å². The predicted molar refractivity (Wildman–Crippen MR) is 75.8 cm³/mol. The number of nitrogens with zero attached hydrogens (tertiary/aromatic N) is 1. The molecule has 0 aliphatic carbocycles. The lowest BCUT2D eigenvalue weighted by molar-refractivity contribution is 0.983. The van der Waals surface area contributed by atoms with Gasteiger partial charge in [0.1, 0.15) is 0 Å². The summed E-state index contributed by atoms with van der Waals surface area (Å²) in [5.74, 6) is 0.936. The molecule has 0 atom stereocenters. The molecule has 0 amide bonds. The maximum Gasteiger partial charge on any atom is 0.0542 e. The Morgan fingerprint density at radius 3 is 2.88 bits per heavy atom. The summed E-state index contributed by atoms with van der Waals surface area (Å²) in [5, 5.41) is 0. The molecule has 0 saturated heterocycles. The Labute approximate surface area is 114 Å². The second-order valence-electron chi connectivity index (χ2n) is 3.61. The molecule has 2 rings (SSSR count). The van der Waals surface area contributed by atoms with Crippen molar-refractivity contribution in [1.29, 1.82) is 0 Å². The highest BCUT2D eigenvalue weighted by Gasteiger charge is 1.99. The fourth-order valence-corrected chi connectivity index (χ4v) is 2.90. The molecule has 4 heteroatoms. The van der Waals surface area contributed by atoms with E-state index in [0.717, 1.165) is 15.9 Å². The van der Waals surface area contributed by atoms with E-state index >= 15 is 0 Å². The third kappa shape index (κ3) is 3.84. The van der Waals surface area contributed by atoms with Crippen molar-refractivity contribution in [2.75, 3.05) is 0 Å². The van der Waals surface area contributed by atoms with Crippen LogP contribution in [0.3, 0.4) is 0 Å². The van der Waals surface area contributed by atoms with Crippen LogP contribution < -0.4 is 5.73 Å². The number of pyridine rings is 1. The summed E-state index contributed by atoms with van der Waals surface area (Å²) in [6.07, 6.45) is 1.82. The Hall–Kier alpha value is -0.840. The van der Waals surface area contributed by atoms with E-state index in [1.165, 1.54) is 10.5 Å². The minimum Gasteiger partial charge on any atom is -0.325 e. The van der Waals surface area contributed by atoms with Crippen LogP contribution in [0.15, 0.2) is 52.0 Å². The van der Waals surface area contributed by atoms with E-state index in [2.05, 4.69) is 39.1 Å². The molecule has 0 saturated carbocycles. The highest BCUT2D eigenvalue weighted by molar-refractivity contribution is 9.10. The molecule has 0 fully saturated rings. The Bertz CT molecular complexity index is 502. The van der Waals surface area contributed by atoms with E-state index in [-0.39, 0.29) is 0 Å². The third-order valence-corrected chi connectivity index (χ3v) is 3.85. The van der Waals surface area contributed by atoms with Gasteiger partial charge in [-0.15, -0.1) is 11.8 Å². The SMILES string of the molecule is NCc1cc(CSc2cccc(Br)c2)ccn1. The standard InChI is InChI=1S/C13H13BrN2S/c14-11-2-1-3-13(7-11)17-9-10-4-5-16-12(6-10)8-15/h1-7H,8-9,15H2. The van der Waals surface area contributed by atoms with Crippen molar-refractivity contribution < 1.29 is 0 Å². The quantitative estimate of drug-likeness (QED) is 0.877. The lowest BCUT2D eigenvalue weighted by atomic mass is 10.2. The van der Waals surface area contributed by atoms with Crippen LogP contribution in [0, 0.1) is 0 Å². The van der Waals surface area contributed by atoms with Crippen molar-refractivity contribution >= 4 is 27.7 Å². The molecule has 2 aromatic rings. The van der Waals surface area contributed by atoms with Gasteiger partial charge >= 0.3 is 0 Å². The van der Waals surface area contributed by atoms with Crippen LogP contribution in [0.2, 0.25) is 0 Å². The molecule has 0 unspecified atom stereocenters. The van der Waals surface area contributed by atoms with Crippen LogP contribution in [0.4, 0.5) is 0 Å². The van der Waals surface area contributed by atoms with Gasteiger partial charge in [-0.2, -0.15) is 0 Å². The second-order valence-corrected chi connectivity index (χ2v) is 5.57. The Kier molecular flexibility index (Phi) is 4.59. The molecule has 1 aromatic heterocycles. The van der Waals surface area contributed by atoms with Crippen LogP contribution in [0.25, 0.3) is 0 Å². The lowest BCUT2D eigenvalue weighted by Gasteiger charge is -2.04. The monoisotopic (exact) mass is 308 g/mol. The smallest absolute Gasteiger partial charge is 0.0542 e. The van der Waals surface area contributed by atoms with Gasteiger partial charge in [-0.05, 0) is 35.9 Å². The van der Waals surface area contributed by atoms with Gasteiger partial charge in [-0.3, -0.25) is 4.98 Å². The Morgan fingerprint density at radius 2 is 2.12 bits per heavy atom. The van der Waals surface area contributed by atoms with Gasteiger partial charge in [0.2, 0.25) is 0 Å². The number of rotatable bonds is 4. The highest BCUT2D eigenvalue weighted by Crippen LogP contribution is 2.25. The van der Waals surface area contributed by atoms with Crippen molar-refractivity contribution in [3.63, 3.8) is 0 Å². The van der Waals surface area contributed by atoms with Gasteiger partial charge < -0.3 is 5.73 Å². The molecule has 2 N–H and O–H groups in total. The first-order chi connectivity index (χ1) is 8.28. The molecule has 17 heavy (non-hydrogen) atoms. The number of halogens is 1. The molecule has 0 radical (unpaired) electrons. The Balaban J connectivity index is 2.02. The maximum absolute atomic E-state index is 5.57. The average Bonchev–Trinajstić information content (AvgIpc) is 2.37. The molecule has 0 aliphatic rings. The van der Waals surface area contributed by atoms with E-state index < -0.39 is 0 Å². The minimum absolute atomic E-state index is 0.495. The van der Waals surface area contributed by atoms with Gasteiger partial charge in [-0.1, -0.05) is 22.0 Å².